The van der Waals surface area contributed by atoms with Crippen LogP contribution in [0.5, 0.6) is 0 Å². The number of rotatable bonds is 5. The summed E-state index contributed by atoms with van der Waals surface area (Å²) < 4.78 is 5.11. The lowest BCUT2D eigenvalue weighted by Gasteiger charge is -2.15. The molecule has 0 aliphatic carbocycles. The van der Waals surface area contributed by atoms with Crippen LogP contribution in [0.4, 0.5) is 16.2 Å². The van der Waals surface area contributed by atoms with Crippen molar-refractivity contribution in [2.75, 3.05) is 5.32 Å². The maximum atomic E-state index is 12.1. The van der Waals surface area contributed by atoms with Gasteiger partial charge in [0.15, 0.2) is 0 Å². The van der Waals surface area contributed by atoms with Crippen LogP contribution in [-0.2, 0) is 6.42 Å². The molecule has 24 heavy (non-hydrogen) atoms. The molecular weight excluding hydrogens is 312 g/mol. The van der Waals surface area contributed by atoms with E-state index in [2.05, 4.69) is 15.8 Å². The number of nitro groups is 1. The number of carbonyl (C=O) groups is 1. The molecule has 1 atom stereocenters. The molecule has 1 aromatic heterocycles. The van der Waals surface area contributed by atoms with Crippen molar-refractivity contribution in [3.8, 4) is 0 Å². The van der Waals surface area contributed by atoms with Crippen molar-refractivity contribution in [2.45, 2.75) is 40.2 Å². The van der Waals surface area contributed by atoms with E-state index >= 15 is 0 Å². The highest BCUT2D eigenvalue weighted by Gasteiger charge is 2.16. The summed E-state index contributed by atoms with van der Waals surface area (Å²) in [5.41, 5.74) is 2.85. The lowest BCUT2D eigenvalue weighted by molar-refractivity contribution is -0.384. The second kappa shape index (κ2) is 7.12. The van der Waals surface area contributed by atoms with Gasteiger partial charge in [-0.15, -0.1) is 0 Å². The maximum absolute atomic E-state index is 12.1. The number of nitro benzene ring substituents is 1. The van der Waals surface area contributed by atoms with Crippen LogP contribution in [0.1, 0.15) is 29.5 Å². The second-order valence-electron chi connectivity index (χ2n) is 5.76. The summed E-state index contributed by atoms with van der Waals surface area (Å²) in [7, 11) is 0. The van der Waals surface area contributed by atoms with Crippen LogP contribution in [0.3, 0.4) is 0 Å². The molecule has 0 aliphatic heterocycles. The Morgan fingerprint density at radius 3 is 2.67 bits per heavy atom. The van der Waals surface area contributed by atoms with E-state index in [1.165, 1.54) is 12.1 Å². The number of nitrogens with one attached hydrogen (secondary N) is 2. The summed E-state index contributed by atoms with van der Waals surface area (Å²) in [6.07, 6.45) is 0.586. The van der Waals surface area contributed by atoms with E-state index in [4.69, 9.17) is 4.52 Å². The van der Waals surface area contributed by atoms with Crippen LogP contribution in [0.15, 0.2) is 22.7 Å². The van der Waals surface area contributed by atoms with Gasteiger partial charge >= 0.3 is 6.03 Å². The SMILES string of the molecule is Cc1ccc([N+](=O)[O-])cc1NC(=O)N[C@@H](C)Cc1c(C)noc1C. The smallest absolute Gasteiger partial charge is 0.319 e. The number of anilines is 1. The fourth-order valence-corrected chi connectivity index (χ4v) is 2.39. The lowest BCUT2D eigenvalue weighted by atomic mass is 10.1. The van der Waals surface area contributed by atoms with Crippen molar-refractivity contribution in [3.05, 3.63) is 50.9 Å². The molecule has 0 unspecified atom stereocenters. The van der Waals surface area contributed by atoms with Gasteiger partial charge in [-0.1, -0.05) is 11.2 Å². The van der Waals surface area contributed by atoms with Gasteiger partial charge in [0.2, 0.25) is 0 Å². The normalized spacial score (nSPS) is 11.8. The van der Waals surface area contributed by atoms with Crippen LogP contribution in [0.2, 0.25) is 0 Å². The Hall–Kier alpha value is -2.90. The fourth-order valence-electron chi connectivity index (χ4n) is 2.39. The number of amides is 2. The third-order valence-corrected chi connectivity index (χ3v) is 3.75. The number of non-ortho nitro benzene ring substituents is 1. The molecule has 0 saturated heterocycles. The first-order valence-corrected chi connectivity index (χ1v) is 7.52. The average Bonchev–Trinajstić information content (AvgIpc) is 2.81. The van der Waals surface area contributed by atoms with Crippen molar-refractivity contribution in [1.82, 2.24) is 10.5 Å². The quantitative estimate of drug-likeness (QED) is 0.645. The van der Waals surface area contributed by atoms with E-state index in [9.17, 15) is 14.9 Å². The number of hydrogen-bond acceptors (Lipinski definition) is 5. The highest BCUT2D eigenvalue weighted by Crippen LogP contribution is 2.21. The molecule has 2 amide bonds. The topological polar surface area (TPSA) is 110 Å². The standard InChI is InChI=1S/C16H20N4O4/c1-9-5-6-13(20(22)23)8-15(9)18-16(21)17-10(2)7-14-11(3)19-24-12(14)4/h5-6,8,10H,7H2,1-4H3,(H2,17,18,21)/t10-/m0/s1. The number of hydrogen-bond donors (Lipinski definition) is 2. The van der Waals surface area contributed by atoms with Gasteiger partial charge in [-0.2, -0.15) is 0 Å². The van der Waals surface area contributed by atoms with Gasteiger partial charge < -0.3 is 15.2 Å². The molecule has 0 aliphatic rings. The Labute approximate surface area is 139 Å². The van der Waals surface area contributed by atoms with E-state index in [0.29, 0.717) is 12.1 Å². The van der Waals surface area contributed by atoms with E-state index < -0.39 is 11.0 Å². The monoisotopic (exact) mass is 332 g/mol. The summed E-state index contributed by atoms with van der Waals surface area (Å²) in [4.78, 5) is 22.5. The summed E-state index contributed by atoms with van der Waals surface area (Å²) in [5, 5.41) is 20.2. The summed E-state index contributed by atoms with van der Waals surface area (Å²) >= 11 is 0. The molecule has 8 nitrogen and oxygen atoms in total. The largest absolute Gasteiger partial charge is 0.361 e. The van der Waals surface area contributed by atoms with E-state index in [1.54, 1.807) is 13.0 Å². The molecule has 2 aromatic rings. The predicted molar refractivity (Wildman–Crippen MR) is 89.1 cm³/mol. The van der Waals surface area contributed by atoms with Crippen molar-refractivity contribution in [1.29, 1.82) is 0 Å². The lowest BCUT2D eigenvalue weighted by Crippen LogP contribution is -2.37. The number of benzene rings is 1. The zero-order chi connectivity index (χ0) is 17.9. The van der Waals surface area contributed by atoms with Crippen LogP contribution in [-0.4, -0.2) is 22.2 Å². The molecule has 128 valence electrons. The maximum Gasteiger partial charge on any atom is 0.319 e. The average molecular weight is 332 g/mol. The number of nitrogens with zero attached hydrogens (tertiary/aromatic N) is 2. The van der Waals surface area contributed by atoms with Crippen molar-refractivity contribution >= 4 is 17.4 Å². The number of carbonyl (C=O) groups excluding carboxylic acids is 1. The minimum atomic E-state index is -0.497. The van der Waals surface area contributed by atoms with Gasteiger partial charge in [0.1, 0.15) is 5.76 Å². The van der Waals surface area contributed by atoms with Gasteiger partial charge in [0.05, 0.1) is 16.3 Å². The first-order chi connectivity index (χ1) is 11.3. The number of aryl methyl sites for hydroxylation is 3. The van der Waals surface area contributed by atoms with Crippen molar-refractivity contribution in [2.24, 2.45) is 0 Å². The Bertz CT molecular complexity index is 750. The van der Waals surface area contributed by atoms with Crippen molar-refractivity contribution < 1.29 is 14.2 Å². The highest BCUT2D eigenvalue weighted by molar-refractivity contribution is 5.90. The summed E-state index contributed by atoms with van der Waals surface area (Å²) in [6.45, 7) is 7.32. The molecular formula is C16H20N4O4. The second-order valence-corrected chi connectivity index (χ2v) is 5.76. The minimum Gasteiger partial charge on any atom is -0.361 e. The van der Waals surface area contributed by atoms with Gasteiger partial charge in [-0.25, -0.2) is 4.79 Å². The molecule has 0 bridgehead atoms. The highest BCUT2D eigenvalue weighted by atomic mass is 16.6. The van der Waals surface area contributed by atoms with Crippen LogP contribution >= 0.6 is 0 Å². The third kappa shape index (κ3) is 4.09. The molecule has 8 heteroatoms. The first kappa shape index (κ1) is 17.5. The zero-order valence-corrected chi connectivity index (χ0v) is 14.0. The van der Waals surface area contributed by atoms with Gasteiger partial charge in [-0.3, -0.25) is 10.1 Å². The van der Waals surface area contributed by atoms with Crippen LogP contribution in [0.25, 0.3) is 0 Å². The van der Waals surface area contributed by atoms with E-state index in [1.807, 2.05) is 20.8 Å². The zero-order valence-electron chi connectivity index (χ0n) is 14.0. The molecule has 0 spiro atoms. The Kier molecular flexibility index (Phi) is 5.18. The van der Waals surface area contributed by atoms with Gasteiger partial charge in [-0.05, 0) is 39.7 Å². The fraction of sp³-hybridized carbons (Fsp3) is 0.375. The van der Waals surface area contributed by atoms with Crippen molar-refractivity contribution in [3.63, 3.8) is 0 Å². The van der Waals surface area contributed by atoms with Gasteiger partial charge in [0, 0.05) is 23.7 Å². The van der Waals surface area contributed by atoms with Crippen LogP contribution in [0, 0.1) is 30.9 Å². The van der Waals surface area contributed by atoms with Crippen LogP contribution < -0.4 is 10.6 Å². The summed E-state index contributed by atoms with van der Waals surface area (Å²) in [6, 6.07) is 3.77. The number of urea groups is 1. The Balaban J connectivity index is 2.00. The molecule has 1 heterocycles. The summed E-state index contributed by atoms with van der Waals surface area (Å²) in [5.74, 6) is 0.732. The molecule has 1 aromatic carbocycles. The minimum absolute atomic E-state index is 0.0698. The Morgan fingerprint density at radius 2 is 2.08 bits per heavy atom. The molecule has 0 fully saturated rings. The molecule has 0 saturated carbocycles. The molecule has 2 N–H and O–H groups in total. The van der Waals surface area contributed by atoms with E-state index in [-0.39, 0.29) is 11.7 Å². The van der Waals surface area contributed by atoms with Gasteiger partial charge in [0.25, 0.3) is 5.69 Å². The molecule has 2 rings (SSSR count). The Morgan fingerprint density at radius 1 is 1.38 bits per heavy atom. The third-order valence-electron chi connectivity index (χ3n) is 3.75. The first-order valence-electron chi connectivity index (χ1n) is 7.52. The predicted octanol–water partition coefficient (Wildman–Crippen LogP) is 3.26. The van der Waals surface area contributed by atoms with E-state index in [0.717, 1.165) is 22.6 Å². The number of aromatic nitrogens is 1. The molecule has 0 radical (unpaired) electrons.